The van der Waals surface area contributed by atoms with Crippen LogP contribution < -0.4 is 4.90 Å². The Hall–Kier alpha value is -2.17. The number of rotatable bonds is 3. The standard InChI is InChI=1S/C20H19Cl2N3O/c21-16-5-3-7-18(20(16)22)24-8-10-25(11-9-24)19(26)12-14-13-23-17-6-2-1-4-15(14)17/h1-7,13,23H,8-12H2. The number of halogens is 2. The lowest BCUT2D eigenvalue weighted by molar-refractivity contribution is -0.130. The molecule has 134 valence electrons. The van der Waals surface area contributed by atoms with Gasteiger partial charge in [0.05, 0.1) is 22.2 Å². The molecule has 3 aromatic rings. The van der Waals surface area contributed by atoms with Crippen LogP contribution in [0.1, 0.15) is 5.56 Å². The van der Waals surface area contributed by atoms with Crippen LogP contribution in [-0.2, 0) is 11.2 Å². The summed E-state index contributed by atoms with van der Waals surface area (Å²) in [7, 11) is 0. The zero-order valence-electron chi connectivity index (χ0n) is 14.2. The summed E-state index contributed by atoms with van der Waals surface area (Å²) in [5.74, 6) is 0.159. The fourth-order valence-corrected chi connectivity index (χ4v) is 3.90. The van der Waals surface area contributed by atoms with E-state index in [4.69, 9.17) is 23.2 Å². The SMILES string of the molecule is O=C(Cc1c[nH]c2ccccc12)N1CCN(c2cccc(Cl)c2Cl)CC1. The molecule has 1 saturated heterocycles. The van der Waals surface area contributed by atoms with Crippen LogP contribution in [0.2, 0.25) is 10.0 Å². The maximum Gasteiger partial charge on any atom is 0.227 e. The van der Waals surface area contributed by atoms with Gasteiger partial charge in [-0.25, -0.2) is 0 Å². The molecule has 2 heterocycles. The van der Waals surface area contributed by atoms with Gasteiger partial charge in [0.25, 0.3) is 0 Å². The molecule has 0 unspecified atom stereocenters. The van der Waals surface area contributed by atoms with Gasteiger partial charge in [-0.15, -0.1) is 0 Å². The number of benzene rings is 2. The number of hydrogen-bond acceptors (Lipinski definition) is 2. The Morgan fingerprint density at radius 3 is 2.58 bits per heavy atom. The number of hydrogen-bond donors (Lipinski definition) is 1. The summed E-state index contributed by atoms with van der Waals surface area (Å²) >= 11 is 12.4. The van der Waals surface area contributed by atoms with Gasteiger partial charge in [-0.2, -0.15) is 0 Å². The Labute approximate surface area is 162 Å². The molecule has 2 aromatic carbocycles. The molecule has 0 atom stereocenters. The molecule has 0 bridgehead atoms. The highest BCUT2D eigenvalue weighted by Gasteiger charge is 2.23. The second-order valence-electron chi connectivity index (χ2n) is 6.48. The number of carbonyl (C=O) groups excluding carboxylic acids is 1. The van der Waals surface area contributed by atoms with Gasteiger partial charge in [-0.3, -0.25) is 4.79 Å². The molecule has 6 heteroatoms. The fourth-order valence-electron chi connectivity index (χ4n) is 3.49. The maximum absolute atomic E-state index is 12.7. The first-order valence-electron chi connectivity index (χ1n) is 8.65. The number of anilines is 1. The lowest BCUT2D eigenvalue weighted by Gasteiger charge is -2.36. The van der Waals surface area contributed by atoms with Crippen LogP contribution in [0, 0.1) is 0 Å². The molecule has 1 N–H and O–H groups in total. The molecular formula is C20H19Cl2N3O. The van der Waals surface area contributed by atoms with Crippen LogP contribution in [0.15, 0.2) is 48.7 Å². The van der Waals surface area contributed by atoms with Crippen LogP contribution in [-0.4, -0.2) is 42.0 Å². The summed E-state index contributed by atoms with van der Waals surface area (Å²) in [6.45, 7) is 2.87. The lowest BCUT2D eigenvalue weighted by atomic mass is 10.1. The molecule has 4 nitrogen and oxygen atoms in total. The van der Waals surface area contributed by atoms with Crippen LogP contribution in [0.25, 0.3) is 10.9 Å². The summed E-state index contributed by atoms with van der Waals surface area (Å²) < 4.78 is 0. The van der Waals surface area contributed by atoms with Crippen LogP contribution in [0.5, 0.6) is 0 Å². The predicted octanol–water partition coefficient (Wildman–Crippen LogP) is 4.37. The van der Waals surface area contributed by atoms with Crippen molar-refractivity contribution in [2.75, 3.05) is 31.1 Å². The normalized spacial score (nSPS) is 14.8. The van der Waals surface area contributed by atoms with E-state index in [9.17, 15) is 4.79 Å². The highest BCUT2D eigenvalue weighted by atomic mass is 35.5. The van der Waals surface area contributed by atoms with E-state index in [1.165, 1.54) is 0 Å². The number of fused-ring (bicyclic) bond motifs is 1. The zero-order chi connectivity index (χ0) is 18.1. The highest BCUT2D eigenvalue weighted by Crippen LogP contribution is 2.33. The maximum atomic E-state index is 12.7. The molecule has 1 aliphatic heterocycles. The van der Waals surface area contributed by atoms with Crippen molar-refractivity contribution in [3.8, 4) is 0 Å². The number of piperazine rings is 1. The Morgan fingerprint density at radius 2 is 1.77 bits per heavy atom. The third-order valence-electron chi connectivity index (χ3n) is 4.92. The van der Waals surface area contributed by atoms with Gasteiger partial charge in [0, 0.05) is 43.3 Å². The molecule has 1 aliphatic rings. The quantitative estimate of drug-likeness (QED) is 0.724. The van der Waals surface area contributed by atoms with Crippen LogP contribution in [0.4, 0.5) is 5.69 Å². The molecule has 0 aliphatic carbocycles. The Morgan fingerprint density at radius 1 is 1.00 bits per heavy atom. The molecule has 0 saturated carbocycles. The third-order valence-corrected chi connectivity index (χ3v) is 5.73. The van der Waals surface area contributed by atoms with E-state index in [2.05, 4.69) is 9.88 Å². The van der Waals surface area contributed by atoms with Crippen molar-refractivity contribution in [3.05, 3.63) is 64.3 Å². The van der Waals surface area contributed by atoms with Crippen molar-refractivity contribution in [3.63, 3.8) is 0 Å². The van der Waals surface area contributed by atoms with Gasteiger partial charge >= 0.3 is 0 Å². The summed E-state index contributed by atoms with van der Waals surface area (Å²) in [5, 5.41) is 2.25. The minimum absolute atomic E-state index is 0.159. The number of para-hydroxylation sites is 1. The van der Waals surface area contributed by atoms with Crippen molar-refractivity contribution in [2.24, 2.45) is 0 Å². The van der Waals surface area contributed by atoms with Gasteiger partial charge in [0.1, 0.15) is 0 Å². The first-order valence-corrected chi connectivity index (χ1v) is 9.41. The van der Waals surface area contributed by atoms with Gasteiger partial charge in [0.15, 0.2) is 0 Å². The van der Waals surface area contributed by atoms with Gasteiger partial charge in [-0.05, 0) is 23.8 Å². The first kappa shape index (κ1) is 17.3. The number of aromatic nitrogens is 1. The minimum Gasteiger partial charge on any atom is -0.367 e. The summed E-state index contributed by atoms with van der Waals surface area (Å²) in [6.07, 6.45) is 2.35. The lowest BCUT2D eigenvalue weighted by Crippen LogP contribution is -2.49. The molecule has 1 aromatic heterocycles. The predicted molar refractivity (Wildman–Crippen MR) is 107 cm³/mol. The van der Waals surface area contributed by atoms with E-state index in [0.717, 1.165) is 35.2 Å². The summed E-state index contributed by atoms with van der Waals surface area (Å²) in [6, 6.07) is 13.7. The molecule has 1 amide bonds. The summed E-state index contributed by atoms with van der Waals surface area (Å²) in [4.78, 5) is 20.1. The van der Waals surface area contributed by atoms with E-state index in [1.54, 1.807) is 6.07 Å². The third kappa shape index (κ3) is 3.27. The second kappa shape index (κ2) is 7.22. The number of carbonyl (C=O) groups is 1. The molecule has 0 spiro atoms. The van der Waals surface area contributed by atoms with E-state index < -0.39 is 0 Å². The monoisotopic (exact) mass is 387 g/mol. The minimum atomic E-state index is 0.159. The number of amides is 1. The van der Waals surface area contributed by atoms with Crippen molar-refractivity contribution < 1.29 is 4.79 Å². The van der Waals surface area contributed by atoms with Crippen LogP contribution in [0.3, 0.4) is 0 Å². The fraction of sp³-hybridized carbons (Fsp3) is 0.250. The Bertz CT molecular complexity index is 945. The smallest absolute Gasteiger partial charge is 0.227 e. The van der Waals surface area contributed by atoms with Crippen molar-refractivity contribution in [2.45, 2.75) is 6.42 Å². The first-order chi connectivity index (χ1) is 12.6. The number of H-pyrrole nitrogens is 1. The zero-order valence-corrected chi connectivity index (χ0v) is 15.7. The average Bonchev–Trinajstić information content (AvgIpc) is 3.07. The van der Waals surface area contributed by atoms with E-state index in [0.29, 0.717) is 29.6 Å². The van der Waals surface area contributed by atoms with Crippen molar-refractivity contribution >= 4 is 45.7 Å². The Balaban J connectivity index is 1.41. The highest BCUT2D eigenvalue weighted by molar-refractivity contribution is 6.43. The molecule has 0 radical (unpaired) electrons. The molecule has 1 fully saturated rings. The number of aromatic amines is 1. The molecular weight excluding hydrogens is 369 g/mol. The van der Waals surface area contributed by atoms with E-state index >= 15 is 0 Å². The number of nitrogens with zero attached hydrogens (tertiary/aromatic N) is 2. The van der Waals surface area contributed by atoms with Gasteiger partial charge < -0.3 is 14.8 Å². The van der Waals surface area contributed by atoms with Crippen LogP contribution >= 0.6 is 23.2 Å². The van der Waals surface area contributed by atoms with E-state index in [-0.39, 0.29) is 5.91 Å². The van der Waals surface area contributed by atoms with Crippen molar-refractivity contribution in [1.29, 1.82) is 0 Å². The number of nitrogens with one attached hydrogen (secondary N) is 1. The topological polar surface area (TPSA) is 39.3 Å². The largest absolute Gasteiger partial charge is 0.367 e. The molecule has 26 heavy (non-hydrogen) atoms. The van der Waals surface area contributed by atoms with Gasteiger partial charge in [0.2, 0.25) is 5.91 Å². The van der Waals surface area contributed by atoms with Crippen molar-refractivity contribution in [1.82, 2.24) is 9.88 Å². The summed E-state index contributed by atoms with van der Waals surface area (Å²) in [5.41, 5.74) is 3.05. The average molecular weight is 388 g/mol. The van der Waals surface area contributed by atoms with Gasteiger partial charge in [-0.1, -0.05) is 47.5 Å². The Kier molecular flexibility index (Phi) is 4.79. The van der Waals surface area contributed by atoms with E-state index in [1.807, 2.05) is 47.5 Å². The molecule has 4 rings (SSSR count). The second-order valence-corrected chi connectivity index (χ2v) is 7.26.